The molecule has 1 aromatic rings. The molecular weight excluding hydrogens is 350 g/mol. The second-order valence-electron chi connectivity index (χ2n) is 6.16. The number of hydrogen-bond acceptors (Lipinski definition) is 4. The van der Waals surface area contributed by atoms with E-state index in [1.165, 1.54) is 12.8 Å². The molecule has 1 amide bonds. The lowest BCUT2D eigenvalue weighted by atomic mass is 10.2. The average molecular weight is 374 g/mol. The summed E-state index contributed by atoms with van der Waals surface area (Å²) in [4.78, 5) is 14.3. The predicted octanol–water partition coefficient (Wildman–Crippen LogP) is 1.30. The molecule has 6 nitrogen and oxygen atoms in total. The van der Waals surface area contributed by atoms with Crippen molar-refractivity contribution in [3.63, 3.8) is 0 Å². The summed E-state index contributed by atoms with van der Waals surface area (Å²) in [5, 5.41) is 3.20. The minimum Gasteiger partial charge on any atom is -0.311 e. The Morgan fingerprint density at radius 3 is 2.75 bits per heavy atom. The third kappa shape index (κ3) is 4.27. The Morgan fingerprint density at radius 2 is 2.08 bits per heavy atom. The van der Waals surface area contributed by atoms with E-state index in [-0.39, 0.29) is 23.2 Å². The number of carbonyl (C=O) groups excluding carboxylic acids is 1. The van der Waals surface area contributed by atoms with Crippen LogP contribution in [-0.4, -0.2) is 40.5 Å². The summed E-state index contributed by atoms with van der Waals surface area (Å²) in [5.41, 5.74) is 1.75. The lowest BCUT2D eigenvalue weighted by Gasteiger charge is -2.18. The van der Waals surface area contributed by atoms with E-state index in [1.54, 1.807) is 24.0 Å². The van der Waals surface area contributed by atoms with Crippen LogP contribution in [0.15, 0.2) is 23.1 Å². The van der Waals surface area contributed by atoms with Crippen molar-refractivity contribution >= 4 is 34.0 Å². The van der Waals surface area contributed by atoms with Gasteiger partial charge in [-0.1, -0.05) is 13.0 Å². The number of carbonyl (C=O) groups is 1. The van der Waals surface area contributed by atoms with Crippen LogP contribution >= 0.6 is 12.4 Å². The number of anilines is 1. The molecule has 1 aliphatic heterocycles. The summed E-state index contributed by atoms with van der Waals surface area (Å²) in [5.74, 6) is 0.730. The zero-order valence-corrected chi connectivity index (χ0v) is 15.4. The van der Waals surface area contributed by atoms with Gasteiger partial charge in [0.2, 0.25) is 15.9 Å². The summed E-state index contributed by atoms with van der Waals surface area (Å²) in [6.45, 7) is 3.89. The molecule has 0 unspecified atom stereocenters. The van der Waals surface area contributed by atoms with Gasteiger partial charge in [0.1, 0.15) is 0 Å². The van der Waals surface area contributed by atoms with Crippen LogP contribution in [0.3, 0.4) is 0 Å². The maximum atomic E-state index is 12.4. The number of fused-ring (bicyclic) bond motifs is 1. The molecule has 0 radical (unpaired) electrons. The van der Waals surface area contributed by atoms with Crippen molar-refractivity contribution in [2.24, 2.45) is 5.92 Å². The van der Waals surface area contributed by atoms with Gasteiger partial charge in [0.05, 0.1) is 11.4 Å². The third-order valence-corrected chi connectivity index (χ3v) is 5.85. The SMILES string of the molecule is CCNS(=O)(=O)c1ccc2c(c1)N(C(=O)CNCC1CC1)CC2.Cl. The number of amides is 1. The van der Waals surface area contributed by atoms with E-state index in [0.29, 0.717) is 19.6 Å². The molecule has 1 heterocycles. The number of benzene rings is 1. The van der Waals surface area contributed by atoms with Gasteiger partial charge in [-0.3, -0.25) is 4.79 Å². The van der Waals surface area contributed by atoms with Crippen LogP contribution in [-0.2, 0) is 21.2 Å². The van der Waals surface area contributed by atoms with Crippen molar-refractivity contribution in [3.05, 3.63) is 23.8 Å². The van der Waals surface area contributed by atoms with Crippen LogP contribution in [0.25, 0.3) is 0 Å². The highest BCUT2D eigenvalue weighted by atomic mass is 35.5. The number of sulfonamides is 1. The maximum Gasteiger partial charge on any atom is 0.240 e. The zero-order chi connectivity index (χ0) is 16.4. The minimum atomic E-state index is -3.50. The van der Waals surface area contributed by atoms with Crippen molar-refractivity contribution < 1.29 is 13.2 Å². The molecule has 8 heteroatoms. The van der Waals surface area contributed by atoms with Gasteiger partial charge in [-0.05, 0) is 49.4 Å². The Hall–Kier alpha value is -1.15. The van der Waals surface area contributed by atoms with Crippen molar-refractivity contribution in [2.45, 2.75) is 31.1 Å². The van der Waals surface area contributed by atoms with Gasteiger partial charge < -0.3 is 10.2 Å². The van der Waals surface area contributed by atoms with Crippen molar-refractivity contribution in [1.29, 1.82) is 0 Å². The Balaban J connectivity index is 0.00000208. The van der Waals surface area contributed by atoms with Crippen molar-refractivity contribution in [2.75, 3.05) is 31.1 Å². The Morgan fingerprint density at radius 1 is 1.33 bits per heavy atom. The van der Waals surface area contributed by atoms with Gasteiger partial charge in [-0.25, -0.2) is 13.1 Å². The highest BCUT2D eigenvalue weighted by Crippen LogP contribution is 2.31. The van der Waals surface area contributed by atoms with Crippen LogP contribution in [0.4, 0.5) is 5.69 Å². The first kappa shape index (κ1) is 19.2. The predicted molar refractivity (Wildman–Crippen MR) is 96.2 cm³/mol. The normalized spacial score (nSPS) is 16.6. The molecule has 2 aliphatic rings. The van der Waals surface area contributed by atoms with Gasteiger partial charge in [-0.15, -0.1) is 12.4 Å². The second kappa shape index (κ2) is 7.82. The molecule has 1 fully saturated rings. The zero-order valence-electron chi connectivity index (χ0n) is 13.7. The lowest BCUT2D eigenvalue weighted by molar-refractivity contribution is -0.117. The number of nitrogens with one attached hydrogen (secondary N) is 2. The molecule has 1 aromatic carbocycles. The van der Waals surface area contributed by atoms with Crippen molar-refractivity contribution in [1.82, 2.24) is 10.0 Å². The molecular formula is C16H24ClN3O3S. The van der Waals surface area contributed by atoms with E-state index in [9.17, 15) is 13.2 Å². The summed E-state index contributed by atoms with van der Waals surface area (Å²) in [6.07, 6.45) is 3.27. The van der Waals surface area contributed by atoms with Crippen LogP contribution < -0.4 is 14.9 Å². The Labute approximate surface area is 149 Å². The number of rotatable bonds is 7. The van der Waals surface area contributed by atoms with E-state index in [1.807, 2.05) is 6.07 Å². The first-order chi connectivity index (χ1) is 11.0. The fourth-order valence-corrected chi connectivity index (χ4v) is 3.92. The standard InChI is InChI=1S/C16H23N3O3S.ClH/c1-2-18-23(21,22)14-6-5-13-7-8-19(15(13)9-14)16(20)11-17-10-12-3-4-12;/h5-6,9,12,17-18H,2-4,7-8,10-11H2,1H3;1H. The van der Waals surface area contributed by atoms with Gasteiger partial charge in [0.25, 0.3) is 0 Å². The van der Waals surface area contributed by atoms with Crippen LogP contribution in [0.1, 0.15) is 25.3 Å². The first-order valence-electron chi connectivity index (χ1n) is 8.15. The van der Waals surface area contributed by atoms with E-state index < -0.39 is 10.0 Å². The lowest BCUT2D eigenvalue weighted by Crippen LogP contribution is -2.37. The molecule has 0 bridgehead atoms. The second-order valence-corrected chi connectivity index (χ2v) is 7.93. The van der Waals surface area contributed by atoms with E-state index >= 15 is 0 Å². The molecule has 0 saturated heterocycles. The first-order valence-corrected chi connectivity index (χ1v) is 9.63. The molecule has 3 rings (SSSR count). The summed E-state index contributed by atoms with van der Waals surface area (Å²) in [6, 6.07) is 5.03. The minimum absolute atomic E-state index is 0. The smallest absolute Gasteiger partial charge is 0.240 e. The topological polar surface area (TPSA) is 78.5 Å². The summed E-state index contributed by atoms with van der Waals surface area (Å²) in [7, 11) is -3.50. The summed E-state index contributed by atoms with van der Waals surface area (Å²) < 4.78 is 26.8. The molecule has 0 aromatic heterocycles. The monoisotopic (exact) mass is 373 g/mol. The van der Waals surface area contributed by atoms with E-state index in [4.69, 9.17) is 0 Å². The van der Waals surface area contributed by atoms with Crippen LogP contribution in [0, 0.1) is 5.92 Å². The molecule has 0 atom stereocenters. The number of halogens is 1. The van der Waals surface area contributed by atoms with Crippen LogP contribution in [0.2, 0.25) is 0 Å². The number of hydrogen-bond donors (Lipinski definition) is 2. The van der Waals surface area contributed by atoms with Gasteiger partial charge in [0.15, 0.2) is 0 Å². The van der Waals surface area contributed by atoms with Crippen molar-refractivity contribution in [3.8, 4) is 0 Å². The molecule has 0 spiro atoms. The quantitative estimate of drug-likeness (QED) is 0.755. The van der Waals surface area contributed by atoms with Gasteiger partial charge >= 0.3 is 0 Å². The molecule has 134 valence electrons. The van der Waals surface area contributed by atoms with E-state index in [2.05, 4.69) is 10.0 Å². The molecule has 1 aliphatic carbocycles. The number of nitrogens with zero attached hydrogens (tertiary/aromatic N) is 1. The molecule has 1 saturated carbocycles. The largest absolute Gasteiger partial charge is 0.311 e. The van der Waals surface area contributed by atoms with Gasteiger partial charge in [0, 0.05) is 18.8 Å². The Kier molecular flexibility index (Phi) is 6.25. The molecule has 2 N–H and O–H groups in total. The highest BCUT2D eigenvalue weighted by Gasteiger charge is 2.27. The highest BCUT2D eigenvalue weighted by molar-refractivity contribution is 7.89. The summed E-state index contributed by atoms with van der Waals surface area (Å²) >= 11 is 0. The maximum absolute atomic E-state index is 12.4. The van der Waals surface area contributed by atoms with Crippen LogP contribution in [0.5, 0.6) is 0 Å². The molecule has 24 heavy (non-hydrogen) atoms. The van der Waals surface area contributed by atoms with Gasteiger partial charge in [-0.2, -0.15) is 0 Å². The van der Waals surface area contributed by atoms with E-state index in [0.717, 1.165) is 30.1 Å². The average Bonchev–Trinajstić information content (AvgIpc) is 3.23. The fourth-order valence-electron chi connectivity index (χ4n) is 2.86. The fraction of sp³-hybridized carbons (Fsp3) is 0.562. The third-order valence-electron chi connectivity index (χ3n) is 4.30. The Bertz CT molecular complexity index is 705.